The molecular formula is C30H31ClN2O4. The van der Waals surface area contributed by atoms with Crippen molar-refractivity contribution in [1.29, 1.82) is 0 Å². The Kier molecular flexibility index (Phi) is 8.64. The molecule has 1 fully saturated rings. The molecule has 0 aliphatic carbocycles. The minimum absolute atomic E-state index is 0.0739. The Hall–Kier alpha value is -3.61. The third-order valence-corrected chi connectivity index (χ3v) is 6.91. The van der Waals surface area contributed by atoms with Crippen molar-refractivity contribution in [2.24, 2.45) is 0 Å². The van der Waals surface area contributed by atoms with Gasteiger partial charge in [0.25, 0.3) is 11.7 Å². The molecule has 7 heteroatoms. The number of aliphatic hydroxyl groups excluding tert-OH is 1. The minimum atomic E-state index is -0.707. The van der Waals surface area contributed by atoms with Crippen LogP contribution in [0.1, 0.15) is 36.6 Å². The number of likely N-dealkylation sites (N-methyl/N-ethyl adjacent to an activating group) is 1. The SMILES string of the molecule is CCN(CC)CCN1C(=O)C(=O)/C(=C(/O)c2ccc(OCc3ccccc3)cc2)C1c1ccc(Cl)cc1. The number of nitrogens with zero attached hydrogens (tertiary/aromatic N) is 2. The summed E-state index contributed by atoms with van der Waals surface area (Å²) < 4.78 is 5.84. The van der Waals surface area contributed by atoms with Gasteiger partial charge >= 0.3 is 0 Å². The number of amides is 1. The molecule has 1 N–H and O–H groups in total. The summed E-state index contributed by atoms with van der Waals surface area (Å²) in [6.07, 6.45) is 0. The molecule has 1 heterocycles. The molecule has 3 aromatic carbocycles. The van der Waals surface area contributed by atoms with Crippen LogP contribution in [0.5, 0.6) is 5.75 Å². The molecule has 0 radical (unpaired) electrons. The maximum Gasteiger partial charge on any atom is 0.295 e. The highest BCUT2D eigenvalue weighted by Crippen LogP contribution is 2.39. The van der Waals surface area contributed by atoms with Crippen LogP contribution in [0.4, 0.5) is 0 Å². The second kappa shape index (κ2) is 12.1. The van der Waals surface area contributed by atoms with E-state index in [2.05, 4.69) is 18.7 Å². The number of Topliss-reactive ketones (excluding diaryl/α,β-unsaturated/α-hetero) is 1. The fraction of sp³-hybridized carbons (Fsp3) is 0.267. The van der Waals surface area contributed by atoms with Gasteiger partial charge in [-0.05, 0) is 60.6 Å². The minimum Gasteiger partial charge on any atom is -0.507 e. The number of carbonyl (C=O) groups excluding carboxylic acids is 2. The van der Waals surface area contributed by atoms with Gasteiger partial charge in [0, 0.05) is 23.7 Å². The Labute approximate surface area is 222 Å². The van der Waals surface area contributed by atoms with E-state index < -0.39 is 17.7 Å². The van der Waals surface area contributed by atoms with E-state index in [9.17, 15) is 14.7 Å². The molecule has 0 spiro atoms. The maximum atomic E-state index is 13.2. The first kappa shape index (κ1) is 26.5. The summed E-state index contributed by atoms with van der Waals surface area (Å²) in [4.78, 5) is 30.1. The number of carbonyl (C=O) groups is 2. The van der Waals surface area contributed by atoms with Gasteiger partial charge in [0.15, 0.2) is 0 Å². The quantitative estimate of drug-likeness (QED) is 0.212. The molecule has 192 valence electrons. The molecule has 1 atom stereocenters. The lowest BCUT2D eigenvalue weighted by Gasteiger charge is -2.28. The van der Waals surface area contributed by atoms with Gasteiger partial charge in [-0.2, -0.15) is 0 Å². The van der Waals surface area contributed by atoms with E-state index in [1.54, 1.807) is 53.4 Å². The predicted octanol–water partition coefficient (Wildman–Crippen LogP) is 5.68. The fourth-order valence-corrected chi connectivity index (χ4v) is 4.62. The molecule has 1 amide bonds. The van der Waals surface area contributed by atoms with Crippen LogP contribution in [0.3, 0.4) is 0 Å². The largest absolute Gasteiger partial charge is 0.507 e. The topological polar surface area (TPSA) is 70.1 Å². The molecule has 1 saturated heterocycles. The molecule has 1 aliphatic heterocycles. The van der Waals surface area contributed by atoms with Crippen molar-refractivity contribution < 1.29 is 19.4 Å². The number of benzene rings is 3. The standard InChI is InChI=1S/C30H31ClN2O4/c1-3-32(4-2)18-19-33-27(22-10-14-24(31)15-11-22)26(29(35)30(33)36)28(34)23-12-16-25(17-13-23)37-20-21-8-6-5-7-9-21/h5-17,27,34H,3-4,18-20H2,1-2H3/b28-26+. The van der Waals surface area contributed by atoms with Gasteiger partial charge in [-0.25, -0.2) is 0 Å². The summed E-state index contributed by atoms with van der Waals surface area (Å²) in [5.74, 6) is -0.884. The van der Waals surface area contributed by atoms with E-state index in [4.69, 9.17) is 16.3 Å². The van der Waals surface area contributed by atoms with E-state index in [-0.39, 0.29) is 11.3 Å². The highest BCUT2D eigenvalue weighted by atomic mass is 35.5. The van der Waals surface area contributed by atoms with Gasteiger partial charge in [-0.1, -0.05) is 67.9 Å². The smallest absolute Gasteiger partial charge is 0.295 e. The number of halogens is 1. The van der Waals surface area contributed by atoms with Gasteiger partial charge in [-0.15, -0.1) is 0 Å². The average Bonchev–Trinajstić information content (AvgIpc) is 3.18. The number of ketones is 1. The number of hydrogen-bond acceptors (Lipinski definition) is 5. The van der Waals surface area contributed by atoms with Gasteiger partial charge in [0.1, 0.15) is 18.1 Å². The fourth-order valence-electron chi connectivity index (χ4n) is 4.50. The van der Waals surface area contributed by atoms with E-state index >= 15 is 0 Å². The molecule has 4 rings (SSSR count). The van der Waals surface area contributed by atoms with Crippen LogP contribution in [0.2, 0.25) is 5.02 Å². The van der Waals surface area contributed by atoms with E-state index in [1.165, 1.54) is 0 Å². The van der Waals surface area contributed by atoms with Crippen LogP contribution in [0, 0.1) is 0 Å². The van der Waals surface area contributed by atoms with Crippen molar-refractivity contribution in [2.75, 3.05) is 26.2 Å². The molecule has 1 aliphatic rings. The average molecular weight is 519 g/mol. The summed E-state index contributed by atoms with van der Waals surface area (Å²) in [5, 5.41) is 11.8. The Morgan fingerprint density at radius 1 is 0.946 bits per heavy atom. The van der Waals surface area contributed by atoms with Crippen LogP contribution in [-0.2, 0) is 16.2 Å². The van der Waals surface area contributed by atoms with Crippen molar-refractivity contribution in [3.8, 4) is 5.75 Å². The van der Waals surface area contributed by atoms with Crippen LogP contribution in [0.25, 0.3) is 5.76 Å². The number of rotatable bonds is 10. The lowest BCUT2D eigenvalue weighted by atomic mass is 9.95. The van der Waals surface area contributed by atoms with Gasteiger partial charge in [0.2, 0.25) is 0 Å². The summed E-state index contributed by atoms with van der Waals surface area (Å²) in [6, 6.07) is 23.0. The number of ether oxygens (including phenoxy) is 1. The zero-order valence-corrected chi connectivity index (χ0v) is 21.8. The van der Waals surface area contributed by atoms with Crippen molar-refractivity contribution in [1.82, 2.24) is 9.80 Å². The van der Waals surface area contributed by atoms with Crippen molar-refractivity contribution >= 4 is 29.1 Å². The summed E-state index contributed by atoms with van der Waals surface area (Å²) >= 11 is 6.10. The van der Waals surface area contributed by atoms with Crippen LogP contribution >= 0.6 is 11.6 Å². The number of aliphatic hydroxyl groups is 1. The van der Waals surface area contributed by atoms with Gasteiger partial charge in [0.05, 0.1) is 11.6 Å². The molecule has 6 nitrogen and oxygen atoms in total. The van der Waals surface area contributed by atoms with Crippen LogP contribution in [0.15, 0.2) is 84.4 Å². The van der Waals surface area contributed by atoms with Crippen LogP contribution < -0.4 is 4.74 Å². The zero-order valence-electron chi connectivity index (χ0n) is 21.1. The second-order valence-electron chi connectivity index (χ2n) is 8.87. The molecule has 0 aromatic heterocycles. The monoisotopic (exact) mass is 518 g/mol. The Balaban J connectivity index is 1.64. The molecule has 37 heavy (non-hydrogen) atoms. The molecule has 0 saturated carbocycles. The van der Waals surface area contributed by atoms with E-state index in [1.807, 2.05) is 30.3 Å². The van der Waals surface area contributed by atoms with Crippen molar-refractivity contribution in [3.63, 3.8) is 0 Å². The summed E-state index contributed by atoms with van der Waals surface area (Å²) in [6.45, 7) is 7.19. The Morgan fingerprint density at radius 2 is 1.59 bits per heavy atom. The number of likely N-dealkylation sites (tertiary alicyclic amines) is 1. The molecule has 1 unspecified atom stereocenters. The van der Waals surface area contributed by atoms with E-state index in [0.29, 0.717) is 41.6 Å². The molecule has 0 bridgehead atoms. The Bertz CT molecular complexity index is 1250. The first-order valence-electron chi connectivity index (χ1n) is 12.5. The van der Waals surface area contributed by atoms with Gasteiger partial charge < -0.3 is 19.6 Å². The lowest BCUT2D eigenvalue weighted by Crippen LogP contribution is -2.38. The molecular weight excluding hydrogens is 488 g/mol. The maximum absolute atomic E-state index is 13.2. The predicted molar refractivity (Wildman–Crippen MR) is 145 cm³/mol. The van der Waals surface area contributed by atoms with E-state index in [0.717, 1.165) is 18.7 Å². The van der Waals surface area contributed by atoms with Gasteiger partial charge in [-0.3, -0.25) is 9.59 Å². The Morgan fingerprint density at radius 3 is 2.22 bits per heavy atom. The third kappa shape index (κ3) is 6.04. The highest BCUT2D eigenvalue weighted by molar-refractivity contribution is 6.46. The second-order valence-corrected chi connectivity index (χ2v) is 9.31. The lowest BCUT2D eigenvalue weighted by molar-refractivity contribution is -0.140. The normalized spacial score (nSPS) is 17.0. The zero-order chi connectivity index (χ0) is 26.4. The van der Waals surface area contributed by atoms with Crippen LogP contribution in [-0.4, -0.2) is 52.8 Å². The summed E-state index contributed by atoms with van der Waals surface area (Å²) in [5.41, 5.74) is 2.27. The third-order valence-electron chi connectivity index (χ3n) is 6.65. The summed E-state index contributed by atoms with van der Waals surface area (Å²) in [7, 11) is 0. The highest BCUT2D eigenvalue weighted by Gasteiger charge is 2.45. The molecule has 3 aromatic rings. The van der Waals surface area contributed by atoms with Crippen molar-refractivity contribution in [2.45, 2.75) is 26.5 Å². The number of hydrogen-bond donors (Lipinski definition) is 1. The first-order valence-corrected chi connectivity index (χ1v) is 12.8. The van der Waals surface area contributed by atoms with Crippen molar-refractivity contribution in [3.05, 3.63) is 106 Å². The first-order chi connectivity index (χ1) is 17.9.